The average molecular weight is 293 g/mol. The van der Waals surface area contributed by atoms with E-state index in [1.54, 1.807) is 36.4 Å². The fourth-order valence-electron chi connectivity index (χ4n) is 1.73. The minimum Gasteiger partial charge on any atom is -0.331 e. The Morgan fingerprint density at radius 3 is 2.30 bits per heavy atom. The first kappa shape index (κ1) is 14.3. The summed E-state index contributed by atoms with van der Waals surface area (Å²) in [5, 5.41) is 6.08. The lowest BCUT2D eigenvalue weighted by atomic mass is 10.1. The lowest BCUT2D eigenvalue weighted by molar-refractivity contribution is 0.249. The third-order valence-corrected chi connectivity index (χ3v) is 3.07. The van der Waals surface area contributed by atoms with Crippen molar-refractivity contribution in [1.82, 2.24) is 5.32 Å². The number of carbonyl (C=O) groups excluding carboxylic acids is 1. The molecule has 0 aromatic heterocycles. The topological polar surface area (TPSA) is 41.1 Å². The maximum atomic E-state index is 12.8. The van der Waals surface area contributed by atoms with Crippen LogP contribution in [0, 0.1) is 5.82 Å². The van der Waals surface area contributed by atoms with E-state index >= 15 is 0 Å². The number of anilines is 1. The molecule has 2 aromatic carbocycles. The Labute approximate surface area is 121 Å². The lowest BCUT2D eigenvalue weighted by Gasteiger charge is -2.15. The zero-order chi connectivity index (χ0) is 14.5. The molecule has 1 atom stereocenters. The summed E-state index contributed by atoms with van der Waals surface area (Å²) in [5.41, 5.74) is 1.48. The van der Waals surface area contributed by atoms with Gasteiger partial charge in [0.1, 0.15) is 5.82 Å². The van der Waals surface area contributed by atoms with Crippen LogP contribution < -0.4 is 10.6 Å². The van der Waals surface area contributed by atoms with E-state index in [4.69, 9.17) is 11.6 Å². The Hall–Kier alpha value is -2.07. The van der Waals surface area contributed by atoms with Crippen LogP contribution in [-0.4, -0.2) is 6.03 Å². The van der Waals surface area contributed by atoms with Crippen molar-refractivity contribution in [3.05, 3.63) is 64.9 Å². The van der Waals surface area contributed by atoms with Crippen LogP contribution in [0.4, 0.5) is 14.9 Å². The van der Waals surface area contributed by atoms with Crippen LogP contribution in [0.2, 0.25) is 5.02 Å². The van der Waals surface area contributed by atoms with Gasteiger partial charge in [0.25, 0.3) is 0 Å². The molecule has 2 amide bonds. The van der Waals surface area contributed by atoms with Gasteiger partial charge in [-0.25, -0.2) is 9.18 Å². The summed E-state index contributed by atoms with van der Waals surface area (Å²) in [6, 6.07) is 12.3. The smallest absolute Gasteiger partial charge is 0.319 e. The number of urea groups is 1. The molecule has 0 spiro atoms. The molecule has 0 aliphatic heterocycles. The van der Waals surface area contributed by atoms with E-state index in [9.17, 15) is 9.18 Å². The van der Waals surface area contributed by atoms with Gasteiger partial charge in [0, 0.05) is 10.7 Å². The number of rotatable bonds is 3. The van der Waals surface area contributed by atoms with Gasteiger partial charge in [0.15, 0.2) is 0 Å². The van der Waals surface area contributed by atoms with E-state index < -0.39 is 0 Å². The molecule has 20 heavy (non-hydrogen) atoms. The Morgan fingerprint density at radius 2 is 1.70 bits per heavy atom. The molecule has 104 valence electrons. The molecule has 0 bridgehead atoms. The fourth-order valence-corrected chi connectivity index (χ4v) is 1.86. The Morgan fingerprint density at radius 1 is 1.10 bits per heavy atom. The largest absolute Gasteiger partial charge is 0.331 e. The van der Waals surface area contributed by atoms with E-state index in [1.807, 2.05) is 6.92 Å². The molecule has 0 aliphatic rings. The second kappa shape index (κ2) is 6.39. The minimum atomic E-state index is -0.329. The predicted octanol–water partition coefficient (Wildman–Crippen LogP) is 4.36. The summed E-state index contributed by atoms with van der Waals surface area (Å²) < 4.78 is 12.8. The number of benzene rings is 2. The van der Waals surface area contributed by atoms with Crippen LogP contribution in [0.5, 0.6) is 0 Å². The number of hydrogen-bond acceptors (Lipinski definition) is 1. The van der Waals surface area contributed by atoms with E-state index in [1.165, 1.54) is 12.1 Å². The molecule has 2 aromatic rings. The summed E-state index contributed by atoms with van der Waals surface area (Å²) in [4.78, 5) is 11.8. The zero-order valence-corrected chi connectivity index (χ0v) is 11.6. The summed E-state index contributed by atoms with van der Waals surface area (Å²) in [6.07, 6.45) is 0. The van der Waals surface area contributed by atoms with Gasteiger partial charge >= 0.3 is 6.03 Å². The normalized spacial score (nSPS) is 11.8. The van der Waals surface area contributed by atoms with Crippen LogP contribution in [0.3, 0.4) is 0 Å². The summed E-state index contributed by atoms with van der Waals surface area (Å²) in [6.45, 7) is 1.83. The average Bonchev–Trinajstić information content (AvgIpc) is 2.42. The lowest BCUT2D eigenvalue weighted by Crippen LogP contribution is -2.31. The minimum absolute atomic E-state index is 0.220. The molecule has 0 heterocycles. The molecular formula is C15H14ClFN2O. The van der Waals surface area contributed by atoms with Gasteiger partial charge in [-0.1, -0.05) is 23.7 Å². The van der Waals surface area contributed by atoms with Gasteiger partial charge in [-0.3, -0.25) is 0 Å². The molecule has 1 unspecified atom stereocenters. The quantitative estimate of drug-likeness (QED) is 0.867. The van der Waals surface area contributed by atoms with Crippen LogP contribution in [-0.2, 0) is 0 Å². The van der Waals surface area contributed by atoms with Crippen LogP contribution >= 0.6 is 11.6 Å². The number of halogens is 2. The highest BCUT2D eigenvalue weighted by molar-refractivity contribution is 6.30. The van der Waals surface area contributed by atoms with Crippen molar-refractivity contribution >= 4 is 23.3 Å². The van der Waals surface area contributed by atoms with E-state index in [-0.39, 0.29) is 17.9 Å². The van der Waals surface area contributed by atoms with Crippen molar-refractivity contribution in [2.24, 2.45) is 0 Å². The van der Waals surface area contributed by atoms with Crippen molar-refractivity contribution in [3.63, 3.8) is 0 Å². The van der Waals surface area contributed by atoms with Crippen molar-refractivity contribution in [2.75, 3.05) is 5.32 Å². The van der Waals surface area contributed by atoms with Crippen LogP contribution in [0.1, 0.15) is 18.5 Å². The third kappa shape index (κ3) is 3.96. The monoisotopic (exact) mass is 292 g/mol. The first-order chi connectivity index (χ1) is 9.54. The molecule has 2 rings (SSSR count). The standard InChI is InChI=1S/C15H14ClFN2O/c1-10(11-2-6-13(17)7-3-11)18-15(20)19-14-8-4-12(16)5-9-14/h2-10H,1H3,(H2,18,19,20). The highest BCUT2D eigenvalue weighted by atomic mass is 35.5. The molecule has 0 saturated carbocycles. The van der Waals surface area contributed by atoms with Crippen molar-refractivity contribution < 1.29 is 9.18 Å². The number of nitrogens with one attached hydrogen (secondary N) is 2. The number of carbonyl (C=O) groups is 1. The van der Waals surface area contributed by atoms with Crippen molar-refractivity contribution in [2.45, 2.75) is 13.0 Å². The van der Waals surface area contributed by atoms with Gasteiger partial charge in [-0.05, 0) is 48.9 Å². The summed E-state index contributed by atoms with van der Waals surface area (Å²) in [7, 11) is 0. The van der Waals surface area contributed by atoms with E-state index in [0.29, 0.717) is 10.7 Å². The molecule has 0 saturated heterocycles. The highest BCUT2D eigenvalue weighted by Gasteiger charge is 2.09. The number of hydrogen-bond donors (Lipinski definition) is 2. The maximum absolute atomic E-state index is 12.8. The Balaban J connectivity index is 1.93. The molecular weight excluding hydrogens is 279 g/mol. The maximum Gasteiger partial charge on any atom is 0.319 e. The van der Waals surface area contributed by atoms with E-state index in [0.717, 1.165) is 5.56 Å². The Bertz CT molecular complexity index is 584. The Kier molecular flexibility index (Phi) is 4.58. The predicted molar refractivity (Wildman–Crippen MR) is 78.4 cm³/mol. The van der Waals surface area contributed by atoms with E-state index in [2.05, 4.69) is 10.6 Å². The first-order valence-electron chi connectivity index (χ1n) is 6.13. The second-order valence-electron chi connectivity index (χ2n) is 4.38. The third-order valence-electron chi connectivity index (χ3n) is 2.82. The zero-order valence-electron chi connectivity index (χ0n) is 10.9. The molecule has 2 N–H and O–H groups in total. The molecule has 0 fully saturated rings. The molecule has 0 radical (unpaired) electrons. The van der Waals surface area contributed by atoms with Crippen LogP contribution in [0.15, 0.2) is 48.5 Å². The summed E-state index contributed by atoms with van der Waals surface area (Å²) in [5.74, 6) is -0.299. The highest BCUT2D eigenvalue weighted by Crippen LogP contribution is 2.15. The van der Waals surface area contributed by atoms with Gasteiger partial charge < -0.3 is 10.6 Å². The number of amides is 2. The second-order valence-corrected chi connectivity index (χ2v) is 4.82. The molecule has 5 heteroatoms. The molecule has 3 nitrogen and oxygen atoms in total. The van der Waals surface area contributed by atoms with Gasteiger partial charge in [0.2, 0.25) is 0 Å². The molecule has 0 aliphatic carbocycles. The van der Waals surface area contributed by atoms with Crippen molar-refractivity contribution in [1.29, 1.82) is 0 Å². The fraction of sp³-hybridized carbons (Fsp3) is 0.133. The SMILES string of the molecule is CC(NC(=O)Nc1ccc(Cl)cc1)c1ccc(F)cc1. The van der Waals surface area contributed by atoms with Crippen molar-refractivity contribution in [3.8, 4) is 0 Å². The summed E-state index contributed by atoms with van der Waals surface area (Å²) >= 11 is 5.77. The van der Waals surface area contributed by atoms with Crippen LogP contribution in [0.25, 0.3) is 0 Å². The van der Waals surface area contributed by atoms with Gasteiger partial charge in [-0.2, -0.15) is 0 Å². The van der Waals surface area contributed by atoms with Gasteiger partial charge in [0.05, 0.1) is 6.04 Å². The first-order valence-corrected chi connectivity index (χ1v) is 6.51. The van der Waals surface area contributed by atoms with Gasteiger partial charge in [-0.15, -0.1) is 0 Å².